The van der Waals surface area contributed by atoms with Crippen molar-refractivity contribution in [3.05, 3.63) is 29.5 Å². The highest BCUT2D eigenvalue weighted by Crippen LogP contribution is 2.31. The summed E-state index contributed by atoms with van der Waals surface area (Å²) in [4.78, 5) is 12.2. The molecular formula is C18H24N6O. The molecule has 1 saturated heterocycles. The van der Waals surface area contributed by atoms with Gasteiger partial charge in [-0.2, -0.15) is 0 Å². The summed E-state index contributed by atoms with van der Waals surface area (Å²) in [5.41, 5.74) is 2.48. The molecule has 0 amide bonds. The smallest absolute Gasteiger partial charge is 0.146 e. The second-order valence-electron chi connectivity index (χ2n) is 7.79. The SMILES string of the molecule is Cc1nonc1Cn1ccc2c(N3CCCC3)nc(C(C)(C)C)nc21. The van der Waals surface area contributed by atoms with Gasteiger partial charge in [0.2, 0.25) is 0 Å². The average Bonchev–Trinajstić information content (AvgIpc) is 3.29. The third-order valence-corrected chi connectivity index (χ3v) is 4.74. The summed E-state index contributed by atoms with van der Waals surface area (Å²) < 4.78 is 6.94. The van der Waals surface area contributed by atoms with Crippen molar-refractivity contribution in [2.75, 3.05) is 18.0 Å². The number of fused-ring (bicyclic) bond motifs is 1. The van der Waals surface area contributed by atoms with E-state index in [2.05, 4.69) is 52.8 Å². The molecule has 0 radical (unpaired) electrons. The van der Waals surface area contributed by atoms with Gasteiger partial charge in [0.1, 0.15) is 28.7 Å². The van der Waals surface area contributed by atoms with Crippen molar-refractivity contribution in [3.63, 3.8) is 0 Å². The normalized spacial score (nSPS) is 15.4. The number of aryl methyl sites for hydroxylation is 1. The monoisotopic (exact) mass is 340 g/mol. The molecule has 3 aromatic heterocycles. The van der Waals surface area contributed by atoms with Gasteiger partial charge in [-0.1, -0.05) is 31.1 Å². The van der Waals surface area contributed by atoms with Gasteiger partial charge in [-0.25, -0.2) is 14.6 Å². The Balaban J connectivity index is 1.85. The fourth-order valence-corrected chi connectivity index (χ4v) is 3.24. The molecular weight excluding hydrogens is 316 g/mol. The van der Waals surface area contributed by atoms with E-state index in [1.807, 2.05) is 6.92 Å². The van der Waals surface area contributed by atoms with Gasteiger partial charge in [0, 0.05) is 24.7 Å². The summed E-state index contributed by atoms with van der Waals surface area (Å²) in [6, 6.07) is 2.11. The van der Waals surface area contributed by atoms with Crippen LogP contribution in [0, 0.1) is 6.92 Å². The van der Waals surface area contributed by atoms with Crippen LogP contribution in [0.3, 0.4) is 0 Å². The van der Waals surface area contributed by atoms with Gasteiger partial charge >= 0.3 is 0 Å². The van der Waals surface area contributed by atoms with Crippen molar-refractivity contribution in [1.82, 2.24) is 24.8 Å². The highest BCUT2D eigenvalue weighted by atomic mass is 16.6. The zero-order chi connectivity index (χ0) is 17.6. The van der Waals surface area contributed by atoms with Crippen LogP contribution in [-0.2, 0) is 12.0 Å². The van der Waals surface area contributed by atoms with Crippen LogP contribution in [0.25, 0.3) is 11.0 Å². The quantitative estimate of drug-likeness (QED) is 0.729. The van der Waals surface area contributed by atoms with Gasteiger partial charge in [0.25, 0.3) is 0 Å². The Hall–Kier alpha value is -2.44. The van der Waals surface area contributed by atoms with E-state index < -0.39 is 0 Å². The molecule has 25 heavy (non-hydrogen) atoms. The minimum atomic E-state index is -0.108. The summed E-state index contributed by atoms with van der Waals surface area (Å²) in [7, 11) is 0. The molecule has 3 aromatic rings. The third-order valence-electron chi connectivity index (χ3n) is 4.74. The molecule has 7 heteroatoms. The summed E-state index contributed by atoms with van der Waals surface area (Å²) in [5.74, 6) is 1.93. The molecule has 7 nitrogen and oxygen atoms in total. The van der Waals surface area contributed by atoms with Gasteiger partial charge < -0.3 is 9.47 Å². The van der Waals surface area contributed by atoms with Crippen LogP contribution in [-0.4, -0.2) is 37.9 Å². The minimum Gasteiger partial charge on any atom is -0.356 e. The zero-order valence-corrected chi connectivity index (χ0v) is 15.3. The Morgan fingerprint density at radius 1 is 1.12 bits per heavy atom. The van der Waals surface area contributed by atoms with Crippen LogP contribution in [0.2, 0.25) is 0 Å². The van der Waals surface area contributed by atoms with Crippen molar-refractivity contribution in [2.45, 2.75) is 52.5 Å². The first-order valence-electron chi connectivity index (χ1n) is 8.84. The Kier molecular flexibility index (Phi) is 3.74. The molecule has 4 rings (SSSR count). The molecule has 1 fully saturated rings. The number of anilines is 1. The molecule has 4 heterocycles. The second-order valence-corrected chi connectivity index (χ2v) is 7.79. The van der Waals surface area contributed by atoms with Crippen molar-refractivity contribution < 1.29 is 4.63 Å². The topological polar surface area (TPSA) is 72.9 Å². The summed E-state index contributed by atoms with van der Waals surface area (Å²) in [5, 5.41) is 8.98. The lowest BCUT2D eigenvalue weighted by molar-refractivity contribution is 0.300. The molecule has 1 aliphatic rings. The fourth-order valence-electron chi connectivity index (χ4n) is 3.24. The van der Waals surface area contributed by atoms with Crippen molar-refractivity contribution in [2.24, 2.45) is 0 Å². The molecule has 0 bridgehead atoms. The van der Waals surface area contributed by atoms with Gasteiger partial charge in [0.05, 0.1) is 11.9 Å². The molecule has 0 spiro atoms. The van der Waals surface area contributed by atoms with Crippen LogP contribution in [0.4, 0.5) is 5.82 Å². The van der Waals surface area contributed by atoms with Crippen LogP contribution in [0.1, 0.15) is 50.8 Å². The number of rotatable bonds is 3. The molecule has 1 aliphatic heterocycles. The maximum Gasteiger partial charge on any atom is 0.146 e. The zero-order valence-electron chi connectivity index (χ0n) is 15.3. The fraction of sp³-hybridized carbons (Fsp3) is 0.556. The Bertz CT molecular complexity index is 898. The van der Waals surface area contributed by atoms with Crippen LogP contribution in [0.5, 0.6) is 0 Å². The highest BCUT2D eigenvalue weighted by Gasteiger charge is 2.25. The summed E-state index contributed by atoms with van der Waals surface area (Å²) >= 11 is 0. The second kappa shape index (κ2) is 5.82. The Labute approximate surface area is 147 Å². The van der Waals surface area contributed by atoms with Crippen molar-refractivity contribution in [1.29, 1.82) is 0 Å². The number of hydrogen-bond acceptors (Lipinski definition) is 6. The van der Waals surface area contributed by atoms with Gasteiger partial charge in [0.15, 0.2) is 0 Å². The maximum absolute atomic E-state index is 4.94. The first kappa shape index (κ1) is 16.1. The number of nitrogens with zero attached hydrogens (tertiary/aromatic N) is 6. The Morgan fingerprint density at radius 3 is 2.52 bits per heavy atom. The highest BCUT2D eigenvalue weighted by molar-refractivity contribution is 5.88. The van der Waals surface area contributed by atoms with E-state index in [0.717, 1.165) is 47.2 Å². The van der Waals surface area contributed by atoms with Crippen molar-refractivity contribution in [3.8, 4) is 0 Å². The predicted molar refractivity (Wildman–Crippen MR) is 95.8 cm³/mol. The van der Waals surface area contributed by atoms with Crippen LogP contribution >= 0.6 is 0 Å². The van der Waals surface area contributed by atoms with E-state index in [1.54, 1.807) is 0 Å². The average molecular weight is 340 g/mol. The molecule has 0 aromatic carbocycles. The van der Waals surface area contributed by atoms with Crippen LogP contribution < -0.4 is 4.90 Å². The lowest BCUT2D eigenvalue weighted by atomic mass is 9.95. The van der Waals surface area contributed by atoms with E-state index in [9.17, 15) is 0 Å². The van der Waals surface area contributed by atoms with Crippen LogP contribution in [0.15, 0.2) is 16.9 Å². The first-order chi connectivity index (χ1) is 11.9. The maximum atomic E-state index is 4.94. The van der Waals surface area contributed by atoms with E-state index in [-0.39, 0.29) is 5.41 Å². The van der Waals surface area contributed by atoms with Gasteiger partial charge in [-0.15, -0.1) is 0 Å². The number of aromatic nitrogens is 5. The molecule has 132 valence electrons. The molecule has 0 N–H and O–H groups in total. The first-order valence-corrected chi connectivity index (χ1v) is 8.84. The lowest BCUT2D eigenvalue weighted by Crippen LogP contribution is -2.23. The van der Waals surface area contributed by atoms with Gasteiger partial charge in [-0.3, -0.25) is 0 Å². The molecule has 0 aliphatic carbocycles. The largest absolute Gasteiger partial charge is 0.356 e. The van der Waals surface area contributed by atoms with E-state index >= 15 is 0 Å². The summed E-state index contributed by atoms with van der Waals surface area (Å²) in [6.07, 6.45) is 4.50. The standard InChI is InChI=1S/C18H24N6O/c1-12-14(22-25-21-12)11-24-10-7-13-15(23-8-5-6-9-23)19-17(18(2,3)4)20-16(13)24/h7,10H,5-6,8-9,11H2,1-4H3. The third kappa shape index (κ3) is 2.88. The summed E-state index contributed by atoms with van der Waals surface area (Å²) in [6.45, 7) is 11.1. The molecule has 0 unspecified atom stereocenters. The number of hydrogen-bond donors (Lipinski definition) is 0. The lowest BCUT2D eigenvalue weighted by Gasteiger charge is -2.22. The Morgan fingerprint density at radius 2 is 1.88 bits per heavy atom. The van der Waals surface area contributed by atoms with E-state index in [1.165, 1.54) is 12.8 Å². The van der Waals surface area contributed by atoms with E-state index in [4.69, 9.17) is 14.6 Å². The molecule has 0 saturated carbocycles. The minimum absolute atomic E-state index is 0.108. The van der Waals surface area contributed by atoms with Crippen molar-refractivity contribution >= 4 is 16.9 Å². The predicted octanol–water partition coefficient (Wildman–Crippen LogP) is 3.07. The van der Waals surface area contributed by atoms with E-state index in [0.29, 0.717) is 6.54 Å². The molecule has 0 atom stereocenters. The van der Waals surface area contributed by atoms with Gasteiger partial charge in [-0.05, 0) is 25.8 Å².